The molecule has 1 amide bonds. The van der Waals surface area contributed by atoms with Crippen molar-refractivity contribution in [2.45, 2.75) is 52.2 Å². The van der Waals surface area contributed by atoms with Crippen molar-refractivity contribution >= 4 is 12.1 Å². The summed E-state index contributed by atoms with van der Waals surface area (Å²) in [5.41, 5.74) is 1.35. The first-order valence-electron chi connectivity index (χ1n) is 11.0. The molecule has 1 saturated heterocycles. The third kappa shape index (κ3) is 4.05. The van der Waals surface area contributed by atoms with Gasteiger partial charge in [-0.05, 0) is 55.9 Å². The van der Waals surface area contributed by atoms with Gasteiger partial charge >= 0.3 is 12.1 Å². The van der Waals surface area contributed by atoms with Gasteiger partial charge in [0.2, 0.25) is 0 Å². The molecular formula is C24H31NO5. The second-order valence-corrected chi connectivity index (χ2v) is 8.98. The van der Waals surface area contributed by atoms with E-state index in [9.17, 15) is 14.7 Å². The van der Waals surface area contributed by atoms with E-state index in [0.29, 0.717) is 24.5 Å². The van der Waals surface area contributed by atoms with Gasteiger partial charge in [-0.15, -0.1) is 0 Å². The Morgan fingerprint density at radius 1 is 1.13 bits per heavy atom. The number of amides is 1. The van der Waals surface area contributed by atoms with Gasteiger partial charge in [0.1, 0.15) is 12.4 Å². The van der Waals surface area contributed by atoms with E-state index in [2.05, 4.69) is 6.92 Å². The number of rotatable bonds is 4. The topological polar surface area (TPSA) is 76.1 Å². The van der Waals surface area contributed by atoms with Crippen LogP contribution in [0.4, 0.5) is 4.79 Å². The molecule has 1 saturated carbocycles. The predicted molar refractivity (Wildman–Crippen MR) is 112 cm³/mol. The minimum absolute atomic E-state index is 0.0904. The Hall–Kier alpha value is -2.50. The maximum Gasteiger partial charge on any atom is 0.410 e. The summed E-state index contributed by atoms with van der Waals surface area (Å²) in [5, 5.41) is 11.0. The molecule has 1 aliphatic heterocycles. The van der Waals surface area contributed by atoms with Crippen molar-refractivity contribution in [3.63, 3.8) is 0 Å². The smallest absolute Gasteiger partial charge is 0.410 e. The SMILES string of the molecule is CCOC(=O)C1=C(O)[C@@H]2C[C@@H]3[C@H](C1)C[C@@H](C)C[C@@H]3N(C(=O)OCc1ccccc1)C2. The van der Waals surface area contributed by atoms with Gasteiger partial charge in [-0.2, -0.15) is 0 Å². The van der Waals surface area contributed by atoms with Gasteiger partial charge in [0, 0.05) is 18.5 Å². The first-order chi connectivity index (χ1) is 14.5. The van der Waals surface area contributed by atoms with Crippen molar-refractivity contribution in [2.24, 2.45) is 23.7 Å². The van der Waals surface area contributed by atoms with Gasteiger partial charge in [-0.25, -0.2) is 9.59 Å². The number of aliphatic hydroxyl groups excluding tert-OH is 1. The molecule has 0 unspecified atom stereocenters. The summed E-state index contributed by atoms with van der Waals surface area (Å²) in [6.45, 7) is 4.86. The molecule has 0 spiro atoms. The van der Waals surface area contributed by atoms with Crippen LogP contribution in [0.2, 0.25) is 0 Å². The highest BCUT2D eigenvalue weighted by Gasteiger charge is 2.50. The second kappa shape index (κ2) is 8.70. The molecule has 6 nitrogen and oxygen atoms in total. The van der Waals surface area contributed by atoms with E-state index in [1.165, 1.54) is 0 Å². The fourth-order valence-corrected chi connectivity index (χ4v) is 5.64. The number of likely N-dealkylation sites (tertiary alicyclic amines) is 1. The summed E-state index contributed by atoms with van der Waals surface area (Å²) < 4.78 is 10.9. The number of ether oxygens (including phenoxy) is 2. The van der Waals surface area contributed by atoms with Crippen LogP contribution in [0.15, 0.2) is 41.7 Å². The Morgan fingerprint density at radius 2 is 1.90 bits per heavy atom. The predicted octanol–water partition coefficient (Wildman–Crippen LogP) is 4.45. The summed E-state index contributed by atoms with van der Waals surface area (Å²) in [5.74, 6) is 0.410. The number of hydrogen-bond acceptors (Lipinski definition) is 5. The van der Waals surface area contributed by atoms with E-state index in [4.69, 9.17) is 9.47 Å². The standard InChI is InChI=1S/C24H31NO5/c1-3-29-23(27)20-11-17-9-15(2)10-21-19(17)12-18(22(20)26)13-25(21)24(28)30-14-16-7-5-4-6-8-16/h4-8,15,17-19,21,26H,3,9-14H2,1-2H3/t15-,17+,18-,19-,21+/m1/s1. The number of aliphatic hydroxyl groups is 1. The molecule has 2 aliphatic carbocycles. The first-order valence-corrected chi connectivity index (χ1v) is 11.0. The Bertz CT molecular complexity index is 820. The number of carbonyl (C=O) groups is 2. The van der Waals surface area contributed by atoms with Crippen LogP contribution in [0.1, 0.15) is 45.1 Å². The van der Waals surface area contributed by atoms with Gasteiger partial charge in [-0.3, -0.25) is 0 Å². The third-order valence-corrected chi connectivity index (χ3v) is 6.95. The van der Waals surface area contributed by atoms with Crippen molar-refractivity contribution in [1.29, 1.82) is 0 Å². The van der Waals surface area contributed by atoms with Crippen molar-refractivity contribution in [3.05, 3.63) is 47.2 Å². The molecule has 4 rings (SSSR count). The maximum absolute atomic E-state index is 13.1. The minimum Gasteiger partial charge on any atom is -0.511 e. The molecular weight excluding hydrogens is 382 g/mol. The molecule has 0 radical (unpaired) electrons. The van der Waals surface area contributed by atoms with E-state index < -0.39 is 5.97 Å². The van der Waals surface area contributed by atoms with E-state index in [-0.39, 0.29) is 48.9 Å². The van der Waals surface area contributed by atoms with Crippen LogP contribution in [0.3, 0.4) is 0 Å². The number of carbonyl (C=O) groups excluding carboxylic acids is 2. The zero-order valence-electron chi connectivity index (χ0n) is 17.8. The van der Waals surface area contributed by atoms with Gasteiger partial charge in [0.05, 0.1) is 12.2 Å². The van der Waals surface area contributed by atoms with E-state index >= 15 is 0 Å². The second-order valence-electron chi connectivity index (χ2n) is 8.98. The quantitative estimate of drug-likeness (QED) is 0.738. The van der Waals surface area contributed by atoms with Gasteiger partial charge in [0.15, 0.2) is 0 Å². The Balaban J connectivity index is 1.58. The normalized spacial score (nSPS) is 30.5. The molecule has 2 fully saturated rings. The molecule has 0 aromatic heterocycles. The Labute approximate surface area is 177 Å². The first kappa shape index (κ1) is 20.8. The van der Waals surface area contributed by atoms with Gasteiger partial charge in [-0.1, -0.05) is 37.3 Å². The van der Waals surface area contributed by atoms with Gasteiger partial charge in [0.25, 0.3) is 0 Å². The fraction of sp³-hybridized carbons (Fsp3) is 0.583. The molecule has 2 bridgehead atoms. The van der Waals surface area contributed by atoms with Crippen molar-refractivity contribution < 1.29 is 24.2 Å². The molecule has 162 valence electrons. The number of esters is 1. The lowest BCUT2D eigenvalue weighted by atomic mass is 9.66. The average molecular weight is 414 g/mol. The average Bonchev–Trinajstić information content (AvgIpc) is 2.87. The van der Waals surface area contributed by atoms with Crippen LogP contribution in [0.5, 0.6) is 0 Å². The van der Waals surface area contributed by atoms with E-state index in [1.807, 2.05) is 35.2 Å². The summed E-state index contributed by atoms with van der Waals surface area (Å²) in [6, 6.07) is 9.73. The van der Waals surface area contributed by atoms with Crippen LogP contribution in [-0.4, -0.2) is 41.3 Å². The minimum atomic E-state index is -0.421. The molecule has 1 aromatic carbocycles. The lowest BCUT2D eigenvalue weighted by Gasteiger charge is -2.49. The number of hydrogen-bond donors (Lipinski definition) is 1. The third-order valence-electron chi connectivity index (χ3n) is 6.95. The number of benzene rings is 1. The van der Waals surface area contributed by atoms with Crippen LogP contribution < -0.4 is 0 Å². The molecule has 30 heavy (non-hydrogen) atoms. The summed E-state index contributed by atoms with van der Waals surface area (Å²) >= 11 is 0. The molecule has 3 aliphatic rings. The van der Waals surface area contributed by atoms with Crippen molar-refractivity contribution in [3.8, 4) is 0 Å². The molecule has 1 heterocycles. The lowest BCUT2D eigenvalue weighted by Crippen LogP contribution is -2.55. The zero-order chi connectivity index (χ0) is 21.3. The highest BCUT2D eigenvalue weighted by atomic mass is 16.6. The number of nitrogens with zero attached hydrogens (tertiary/aromatic N) is 1. The highest BCUT2D eigenvalue weighted by molar-refractivity contribution is 5.89. The maximum atomic E-state index is 13.1. The van der Waals surface area contributed by atoms with Crippen molar-refractivity contribution in [1.82, 2.24) is 4.90 Å². The van der Waals surface area contributed by atoms with Crippen molar-refractivity contribution in [2.75, 3.05) is 13.2 Å². The highest BCUT2D eigenvalue weighted by Crippen LogP contribution is 2.49. The van der Waals surface area contributed by atoms with Crippen LogP contribution >= 0.6 is 0 Å². The summed E-state index contributed by atoms with van der Waals surface area (Å²) in [4.78, 5) is 27.4. The van der Waals surface area contributed by atoms with Crippen LogP contribution in [0, 0.1) is 23.7 Å². The van der Waals surface area contributed by atoms with E-state index in [1.54, 1.807) is 6.92 Å². The van der Waals surface area contributed by atoms with Crippen LogP contribution in [0.25, 0.3) is 0 Å². The molecule has 1 N–H and O–H groups in total. The summed E-state index contributed by atoms with van der Waals surface area (Å²) in [6.07, 6.45) is 2.93. The molecule has 5 atom stereocenters. The number of piperidine rings is 1. The fourth-order valence-electron chi connectivity index (χ4n) is 5.64. The van der Waals surface area contributed by atoms with Gasteiger partial charge < -0.3 is 19.5 Å². The molecule has 1 aromatic rings. The zero-order valence-corrected chi connectivity index (χ0v) is 17.8. The molecule has 6 heteroatoms. The largest absolute Gasteiger partial charge is 0.511 e. The monoisotopic (exact) mass is 413 g/mol. The van der Waals surface area contributed by atoms with Crippen LogP contribution in [-0.2, 0) is 20.9 Å². The Kier molecular flexibility index (Phi) is 6.02. The van der Waals surface area contributed by atoms with E-state index in [0.717, 1.165) is 24.8 Å². The lowest BCUT2D eigenvalue weighted by molar-refractivity contribution is -0.139. The number of fused-ring (bicyclic) bond motifs is 1. The summed E-state index contributed by atoms with van der Waals surface area (Å²) in [7, 11) is 0. The Morgan fingerprint density at radius 3 is 2.63 bits per heavy atom.